The summed E-state index contributed by atoms with van der Waals surface area (Å²) in [6, 6.07) is 3.97. The summed E-state index contributed by atoms with van der Waals surface area (Å²) in [5.41, 5.74) is 0.695. The van der Waals surface area contributed by atoms with Crippen LogP contribution in [-0.4, -0.2) is 48.9 Å². The molecule has 0 spiro atoms. The molecule has 12 heteroatoms. The third-order valence-corrected chi connectivity index (χ3v) is 7.44. The molecule has 0 aliphatic rings. The van der Waals surface area contributed by atoms with Crippen LogP contribution in [0.5, 0.6) is 0 Å². The number of aryl methyl sites for hydroxylation is 1. The van der Waals surface area contributed by atoms with E-state index in [2.05, 4.69) is 5.32 Å². The standard InChI is InChI=1S/C18H22ClN3O6S2/c1-4-21(5-2)30(26,27)13-6-7-14(19)15(8-13)20-16(23)10-28-17(24)9-22-12(3)11-29-18(22)25/h6-8,11H,4-5,9-10H2,1-3H3,(H,20,23). The van der Waals surface area contributed by atoms with Crippen molar-refractivity contribution in [2.75, 3.05) is 25.0 Å². The van der Waals surface area contributed by atoms with Gasteiger partial charge in [0.25, 0.3) is 5.91 Å². The second kappa shape index (κ2) is 10.2. The fourth-order valence-electron chi connectivity index (χ4n) is 2.58. The molecule has 1 N–H and O–H groups in total. The minimum atomic E-state index is -3.73. The van der Waals surface area contributed by atoms with Crippen LogP contribution in [0.2, 0.25) is 5.02 Å². The van der Waals surface area contributed by atoms with Gasteiger partial charge in [0.05, 0.1) is 15.6 Å². The van der Waals surface area contributed by atoms with Gasteiger partial charge < -0.3 is 10.1 Å². The zero-order chi connectivity index (χ0) is 22.5. The molecule has 0 aliphatic heterocycles. The highest BCUT2D eigenvalue weighted by Gasteiger charge is 2.23. The maximum absolute atomic E-state index is 12.6. The van der Waals surface area contributed by atoms with E-state index in [9.17, 15) is 22.8 Å². The Morgan fingerprint density at radius 3 is 2.50 bits per heavy atom. The number of amides is 1. The lowest BCUT2D eigenvalue weighted by atomic mass is 10.3. The molecule has 2 aromatic rings. The lowest BCUT2D eigenvalue weighted by Gasteiger charge is -2.19. The van der Waals surface area contributed by atoms with E-state index in [4.69, 9.17) is 16.3 Å². The molecule has 0 aliphatic carbocycles. The number of rotatable bonds is 9. The normalized spacial score (nSPS) is 11.5. The maximum Gasteiger partial charge on any atom is 0.326 e. The summed E-state index contributed by atoms with van der Waals surface area (Å²) < 4.78 is 32.7. The molecule has 1 aromatic heterocycles. The van der Waals surface area contributed by atoms with Crippen LogP contribution < -0.4 is 10.2 Å². The van der Waals surface area contributed by atoms with Crippen LogP contribution in [0.15, 0.2) is 33.3 Å². The van der Waals surface area contributed by atoms with Gasteiger partial charge in [-0.3, -0.25) is 19.0 Å². The van der Waals surface area contributed by atoms with Crippen molar-refractivity contribution in [3.05, 3.63) is 44.0 Å². The lowest BCUT2D eigenvalue weighted by Crippen LogP contribution is -2.30. The van der Waals surface area contributed by atoms with Crippen LogP contribution in [0, 0.1) is 6.92 Å². The molecule has 0 radical (unpaired) electrons. The van der Waals surface area contributed by atoms with Gasteiger partial charge in [-0.2, -0.15) is 4.31 Å². The number of nitrogens with one attached hydrogen (secondary N) is 1. The Kier molecular flexibility index (Phi) is 8.18. The number of hydrogen-bond donors (Lipinski definition) is 1. The van der Waals surface area contributed by atoms with E-state index in [-0.39, 0.29) is 27.0 Å². The molecule has 1 aromatic carbocycles. The number of halogens is 1. The molecular weight excluding hydrogens is 454 g/mol. The highest BCUT2D eigenvalue weighted by Crippen LogP contribution is 2.27. The summed E-state index contributed by atoms with van der Waals surface area (Å²) >= 11 is 7.02. The van der Waals surface area contributed by atoms with Crippen molar-refractivity contribution in [2.24, 2.45) is 0 Å². The van der Waals surface area contributed by atoms with Crippen molar-refractivity contribution >= 4 is 50.5 Å². The number of aromatic nitrogens is 1. The van der Waals surface area contributed by atoms with Crippen LogP contribution in [-0.2, 0) is 30.9 Å². The topological polar surface area (TPSA) is 115 Å². The Bertz CT molecular complexity index is 1090. The molecule has 0 atom stereocenters. The van der Waals surface area contributed by atoms with Crippen molar-refractivity contribution in [1.29, 1.82) is 0 Å². The molecule has 0 bridgehead atoms. The fourth-order valence-corrected chi connectivity index (χ4v) is 4.96. The molecule has 164 valence electrons. The molecule has 2 rings (SSSR count). The number of thiazole rings is 1. The number of esters is 1. The molecule has 0 fully saturated rings. The van der Waals surface area contributed by atoms with Crippen molar-refractivity contribution in [3.63, 3.8) is 0 Å². The predicted molar refractivity (Wildman–Crippen MR) is 114 cm³/mol. The first kappa shape index (κ1) is 24.1. The molecular formula is C18H22ClN3O6S2. The van der Waals surface area contributed by atoms with Crippen molar-refractivity contribution in [3.8, 4) is 0 Å². The quantitative estimate of drug-likeness (QED) is 0.555. The third kappa shape index (κ3) is 5.69. The van der Waals surface area contributed by atoms with Gasteiger partial charge in [-0.05, 0) is 25.1 Å². The number of sulfonamides is 1. The number of anilines is 1. The minimum Gasteiger partial charge on any atom is -0.454 e. The van der Waals surface area contributed by atoms with Gasteiger partial charge in [0.15, 0.2) is 6.61 Å². The van der Waals surface area contributed by atoms with E-state index in [0.29, 0.717) is 18.8 Å². The van der Waals surface area contributed by atoms with Crippen LogP contribution in [0.3, 0.4) is 0 Å². The van der Waals surface area contributed by atoms with E-state index in [1.807, 2.05) is 0 Å². The Hall–Kier alpha value is -2.21. The molecule has 30 heavy (non-hydrogen) atoms. The first-order valence-corrected chi connectivity index (χ1v) is 11.7. The molecule has 0 unspecified atom stereocenters. The number of carbonyl (C=O) groups excluding carboxylic acids is 2. The van der Waals surface area contributed by atoms with Crippen LogP contribution in [0.1, 0.15) is 19.5 Å². The SMILES string of the molecule is CCN(CC)S(=O)(=O)c1ccc(Cl)c(NC(=O)COC(=O)Cn2c(C)csc2=O)c1. The van der Waals surface area contributed by atoms with Gasteiger partial charge in [-0.25, -0.2) is 8.42 Å². The van der Waals surface area contributed by atoms with Crippen molar-refractivity contribution < 1.29 is 22.7 Å². The largest absolute Gasteiger partial charge is 0.454 e. The van der Waals surface area contributed by atoms with Gasteiger partial charge in [0.1, 0.15) is 6.54 Å². The highest BCUT2D eigenvalue weighted by molar-refractivity contribution is 7.89. The molecule has 1 amide bonds. The third-order valence-electron chi connectivity index (χ3n) is 4.18. The van der Waals surface area contributed by atoms with Gasteiger partial charge in [-0.15, -0.1) is 0 Å². The summed E-state index contributed by atoms with van der Waals surface area (Å²) in [4.78, 5) is 35.3. The number of carbonyl (C=O) groups is 2. The van der Waals surface area contributed by atoms with Gasteiger partial charge in [-0.1, -0.05) is 36.8 Å². The van der Waals surface area contributed by atoms with E-state index < -0.39 is 28.5 Å². The fraction of sp³-hybridized carbons (Fsp3) is 0.389. The van der Waals surface area contributed by atoms with Gasteiger partial charge in [0, 0.05) is 24.2 Å². The monoisotopic (exact) mass is 475 g/mol. The van der Waals surface area contributed by atoms with Gasteiger partial charge in [0.2, 0.25) is 10.0 Å². The summed E-state index contributed by atoms with van der Waals surface area (Å²) in [5, 5.41) is 4.18. The van der Waals surface area contributed by atoms with Crippen LogP contribution >= 0.6 is 22.9 Å². The van der Waals surface area contributed by atoms with Crippen LogP contribution in [0.25, 0.3) is 0 Å². The maximum atomic E-state index is 12.6. The number of ether oxygens (including phenoxy) is 1. The number of hydrogen-bond acceptors (Lipinski definition) is 7. The molecule has 9 nitrogen and oxygen atoms in total. The van der Waals surface area contributed by atoms with Crippen molar-refractivity contribution in [1.82, 2.24) is 8.87 Å². The smallest absolute Gasteiger partial charge is 0.326 e. The molecule has 0 saturated carbocycles. The minimum absolute atomic E-state index is 0.0183. The Morgan fingerprint density at radius 1 is 1.27 bits per heavy atom. The first-order valence-electron chi connectivity index (χ1n) is 9.00. The highest BCUT2D eigenvalue weighted by atomic mass is 35.5. The second-order valence-electron chi connectivity index (χ2n) is 6.17. The Balaban J connectivity index is 2.04. The lowest BCUT2D eigenvalue weighted by molar-refractivity contribution is -0.147. The van der Waals surface area contributed by atoms with E-state index >= 15 is 0 Å². The van der Waals surface area contributed by atoms with Crippen LogP contribution in [0.4, 0.5) is 5.69 Å². The first-order chi connectivity index (χ1) is 14.1. The second-order valence-corrected chi connectivity index (χ2v) is 9.33. The molecule has 1 heterocycles. The average molecular weight is 476 g/mol. The number of benzene rings is 1. The zero-order valence-corrected chi connectivity index (χ0v) is 19.1. The summed E-state index contributed by atoms with van der Waals surface area (Å²) in [5.74, 6) is -1.45. The summed E-state index contributed by atoms with van der Waals surface area (Å²) in [6.45, 7) is 4.80. The van der Waals surface area contributed by atoms with Crippen molar-refractivity contribution in [2.45, 2.75) is 32.2 Å². The number of nitrogens with zero attached hydrogens (tertiary/aromatic N) is 2. The Labute approximate surface area is 183 Å². The summed E-state index contributed by atoms with van der Waals surface area (Å²) in [7, 11) is -3.73. The van der Waals surface area contributed by atoms with Gasteiger partial charge >= 0.3 is 10.8 Å². The van der Waals surface area contributed by atoms with E-state index in [0.717, 1.165) is 11.3 Å². The molecule has 0 saturated heterocycles. The predicted octanol–water partition coefficient (Wildman–Crippen LogP) is 2.08. The average Bonchev–Trinajstić information content (AvgIpc) is 3.00. The summed E-state index contributed by atoms with van der Waals surface area (Å²) in [6.07, 6.45) is 0. The zero-order valence-electron chi connectivity index (χ0n) is 16.7. The van der Waals surface area contributed by atoms with E-state index in [1.54, 1.807) is 26.2 Å². The van der Waals surface area contributed by atoms with E-state index in [1.165, 1.54) is 27.1 Å². The Morgan fingerprint density at radius 2 is 1.93 bits per heavy atom.